The SMILES string of the molecule is CC1CC(N(C)C(=O)/C=C/c2ccoc2)C2Oc3c(O)ccc4c3[C@@]23CCN(CC2CC2)[C@H](C4)[C@]13O. The number of carbonyl (C=O) groups excluding carboxylic acids is 1. The number of carbonyl (C=O) groups is 1. The zero-order valence-corrected chi connectivity index (χ0v) is 20.9. The van der Waals surface area contributed by atoms with Gasteiger partial charge in [0.05, 0.1) is 29.6 Å². The van der Waals surface area contributed by atoms with E-state index in [1.165, 1.54) is 18.4 Å². The fourth-order valence-electron chi connectivity index (χ4n) is 8.07. The van der Waals surface area contributed by atoms with Crippen LogP contribution in [0.5, 0.6) is 11.5 Å². The highest BCUT2D eigenvalue weighted by atomic mass is 16.5. The van der Waals surface area contributed by atoms with Crippen molar-refractivity contribution in [1.82, 2.24) is 9.80 Å². The lowest BCUT2D eigenvalue weighted by Gasteiger charge is -2.67. The molecule has 7 rings (SSSR count). The number of likely N-dealkylation sites (N-methyl/N-ethyl adjacent to an activating group) is 1. The lowest BCUT2D eigenvalue weighted by atomic mass is 9.45. The molecule has 1 saturated heterocycles. The number of piperidine rings is 1. The van der Waals surface area contributed by atoms with Crippen LogP contribution >= 0.6 is 0 Å². The van der Waals surface area contributed by atoms with E-state index < -0.39 is 17.1 Å². The van der Waals surface area contributed by atoms with Crippen LogP contribution < -0.4 is 4.74 Å². The van der Waals surface area contributed by atoms with Gasteiger partial charge in [-0.3, -0.25) is 9.69 Å². The van der Waals surface area contributed by atoms with Gasteiger partial charge in [-0.05, 0) is 74.3 Å². The molecule has 3 unspecified atom stereocenters. The largest absolute Gasteiger partial charge is 0.504 e. The first-order chi connectivity index (χ1) is 17.3. The van der Waals surface area contributed by atoms with Gasteiger partial charge < -0.3 is 24.3 Å². The quantitative estimate of drug-likeness (QED) is 0.626. The van der Waals surface area contributed by atoms with Gasteiger partial charge in [-0.2, -0.15) is 0 Å². The molecule has 190 valence electrons. The van der Waals surface area contributed by atoms with Crippen LogP contribution in [0.3, 0.4) is 0 Å². The Morgan fingerprint density at radius 2 is 2.14 bits per heavy atom. The van der Waals surface area contributed by atoms with Gasteiger partial charge >= 0.3 is 0 Å². The zero-order valence-electron chi connectivity index (χ0n) is 20.9. The van der Waals surface area contributed by atoms with Crippen molar-refractivity contribution < 1.29 is 24.2 Å². The summed E-state index contributed by atoms with van der Waals surface area (Å²) in [6.07, 6.45) is 10.8. The lowest BCUT2D eigenvalue weighted by molar-refractivity contribution is -0.224. The first kappa shape index (κ1) is 22.4. The molecule has 2 bridgehead atoms. The topological polar surface area (TPSA) is 86.4 Å². The van der Waals surface area contributed by atoms with Crippen molar-refractivity contribution in [3.63, 3.8) is 0 Å². The summed E-state index contributed by atoms with van der Waals surface area (Å²) in [7, 11) is 1.83. The van der Waals surface area contributed by atoms with E-state index in [4.69, 9.17) is 9.15 Å². The number of amides is 1. The van der Waals surface area contributed by atoms with Crippen molar-refractivity contribution in [1.29, 1.82) is 0 Å². The van der Waals surface area contributed by atoms with Crippen molar-refractivity contribution in [3.8, 4) is 11.5 Å². The normalized spacial score (nSPS) is 36.5. The molecule has 2 aromatic rings. The van der Waals surface area contributed by atoms with Gasteiger partial charge in [0.1, 0.15) is 6.10 Å². The Morgan fingerprint density at radius 3 is 2.89 bits per heavy atom. The summed E-state index contributed by atoms with van der Waals surface area (Å²) in [5.74, 6) is 1.23. The summed E-state index contributed by atoms with van der Waals surface area (Å²) in [6.45, 7) is 4.08. The van der Waals surface area contributed by atoms with Crippen molar-refractivity contribution in [2.75, 3.05) is 20.1 Å². The molecular formula is C29H34N2O5. The highest BCUT2D eigenvalue weighted by Crippen LogP contribution is 2.67. The number of hydrogen-bond acceptors (Lipinski definition) is 6. The number of rotatable bonds is 5. The van der Waals surface area contributed by atoms with E-state index in [0.29, 0.717) is 12.2 Å². The highest BCUT2D eigenvalue weighted by molar-refractivity contribution is 5.92. The Kier molecular flexibility index (Phi) is 4.75. The lowest BCUT2D eigenvalue weighted by Crippen LogP contribution is -2.80. The molecule has 0 radical (unpaired) electrons. The van der Waals surface area contributed by atoms with Gasteiger partial charge in [-0.1, -0.05) is 13.0 Å². The second kappa shape index (κ2) is 7.62. The number of aliphatic hydroxyl groups is 1. The molecule has 3 fully saturated rings. The van der Waals surface area contributed by atoms with Gasteiger partial charge in [-0.25, -0.2) is 0 Å². The first-order valence-electron chi connectivity index (χ1n) is 13.3. The fourth-order valence-corrected chi connectivity index (χ4v) is 8.07. The van der Waals surface area contributed by atoms with E-state index in [9.17, 15) is 15.0 Å². The van der Waals surface area contributed by atoms with Crippen LogP contribution in [0.2, 0.25) is 0 Å². The molecule has 2 aliphatic heterocycles. The van der Waals surface area contributed by atoms with Gasteiger partial charge in [0, 0.05) is 36.8 Å². The first-order valence-corrected chi connectivity index (χ1v) is 13.3. The van der Waals surface area contributed by atoms with Crippen molar-refractivity contribution >= 4 is 12.0 Å². The summed E-state index contributed by atoms with van der Waals surface area (Å²) < 4.78 is 11.7. The number of phenols is 1. The van der Waals surface area contributed by atoms with E-state index in [-0.39, 0.29) is 29.7 Å². The summed E-state index contributed by atoms with van der Waals surface area (Å²) in [5, 5.41) is 23.7. The minimum atomic E-state index is -0.982. The van der Waals surface area contributed by atoms with Gasteiger partial charge in [0.2, 0.25) is 5.91 Å². The number of furan rings is 1. The molecule has 1 amide bonds. The van der Waals surface area contributed by atoms with Gasteiger partial charge in [-0.15, -0.1) is 0 Å². The molecule has 1 aromatic heterocycles. The fraction of sp³-hybridized carbons (Fsp3) is 0.552. The van der Waals surface area contributed by atoms with E-state index in [1.54, 1.807) is 35.6 Å². The smallest absolute Gasteiger partial charge is 0.246 e. The van der Waals surface area contributed by atoms with E-state index >= 15 is 0 Å². The molecule has 6 atom stereocenters. The number of hydrogen-bond donors (Lipinski definition) is 2. The minimum Gasteiger partial charge on any atom is -0.504 e. The summed E-state index contributed by atoms with van der Waals surface area (Å²) in [5.41, 5.74) is 1.36. The highest BCUT2D eigenvalue weighted by Gasteiger charge is 2.75. The van der Waals surface area contributed by atoms with E-state index in [0.717, 1.165) is 43.0 Å². The summed E-state index contributed by atoms with van der Waals surface area (Å²) >= 11 is 0. The Labute approximate surface area is 211 Å². The second-order valence-electron chi connectivity index (χ2n) is 11.7. The molecule has 1 aromatic carbocycles. The summed E-state index contributed by atoms with van der Waals surface area (Å²) in [6, 6.07) is 5.35. The average Bonchev–Trinajstić information content (AvgIpc) is 3.38. The molecule has 2 N–H and O–H groups in total. The zero-order chi connectivity index (χ0) is 24.8. The van der Waals surface area contributed by atoms with Crippen molar-refractivity contribution in [2.45, 2.75) is 68.2 Å². The molecule has 3 heterocycles. The third-order valence-corrected chi connectivity index (χ3v) is 9.96. The Balaban J connectivity index is 1.31. The van der Waals surface area contributed by atoms with Crippen LogP contribution in [-0.4, -0.2) is 69.8 Å². The average molecular weight is 491 g/mol. The molecule has 7 heteroatoms. The molecule has 36 heavy (non-hydrogen) atoms. The minimum absolute atomic E-state index is 0.0129. The molecule has 7 nitrogen and oxygen atoms in total. The molecule has 5 aliphatic rings. The number of likely N-dealkylation sites (tertiary alicyclic amines) is 1. The summed E-state index contributed by atoms with van der Waals surface area (Å²) in [4.78, 5) is 17.6. The number of aromatic hydroxyl groups is 1. The number of nitrogens with zero attached hydrogens (tertiary/aromatic N) is 2. The van der Waals surface area contributed by atoms with Crippen LogP contribution in [0, 0.1) is 11.8 Å². The number of benzene rings is 1. The third kappa shape index (κ3) is 2.84. The number of ether oxygens (including phenoxy) is 1. The monoisotopic (exact) mass is 490 g/mol. The van der Waals surface area contributed by atoms with Crippen LogP contribution in [-0.2, 0) is 16.6 Å². The molecule has 2 saturated carbocycles. The van der Waals surface area contributed by atoms with Crippen LogP contribution in [0.15, 0.2) is 41.2 Å². The van der Waals surface area contributed by atoms with E-state index in [2.05, 4.69) is 11.8 Å². The van der Waals surface area contributed by atoms with Gasteiger partial charge in [0.15, 0.2) is 11.5 Å². The third-order valence-electron chi connectivity index (χ3n) is 9.96. The Morgan fingerprint density at radius 1 is 1.31 bits per heavy atom. The Hall–Kier alpha value is -2.77. The predicted octanol–water partition coefficient (Wildman–Crippen LogP) is 3.34. The maximum absolute atomic E-state index is 13.3. The Bertz CT molecular complexity index is 1240. The standard InChI is InChI=1S/C29H34N2O5/c1-17-13-21(30(2)24(33)8-5-19-9-12-35-16-19)27-28-10-11-31(15-18-3-4-18)23(29(17,28)34)14-20-6-7-22(32)26(36-27)25(20)28/h5-9,12,16-18,21,23,27,32,34H,3-4,10-11,13-15H2,1-2H3/b8-5+/t17?,21?,23-,27?,28+,29-/m1/s1. The maximum atomic E-state index is 13.3. The maximum Gasteiger partial charge on any atom is 0.246 e. The van der Waals surface area contributed by atoms with Gasteiger partial charge in [0.25, 0.3) is 0 Å². The van der Waals surface area contributed by atoms with Crippen LogP contribution in [0.25, 0.3) is 6.08 Å². The van der Waals surface area contributed by atoms with Crippen LogP contribution in [0.1, 0.15) is 49.3 Å². The molecule has 3 aliphatic carbocycles. The van der Waals surface area contributed by atoms with Crippen molar-refractivity contribution in [3.05, 3.63) is 53.5 Å². The predicted molar refractivity (Wildman–Crippen MR) is 134 cm³/mol. The van der Waals surface area contributed by atoms with E-state index in [1.807, 2.05) is 19.2 Å². The molecule has 1 spiro atoms. The molecular weight excluding hydrogens is 456 g/mol. The number of phenolic OH excluding ortho intramolecular Hbond substituents is 1. The second-order valence-corrected chi connectivity index (χ2v) is 11.7. The van der Waals surface area contributed by atoms with Crippen molar-refractivity contribution in [2.24, 2.45) is 11.8 Å². The van der Waals surface area contributed by atoms with Crippen LogP contribution in [0.4, 0.5) is 0 Å².